The van der Waals surface area contributed by atoms with Crippen LogP contribution in [0.25, 0.3) is 0 Å². The zero-order valence-electron chi connectivity index (χ0n) is 9.07. The van der Waals surface area contributed by atoms with Gasteiger partial charge < -0.3 is 4.74 Å². The van der Waals surface area contributed by atoms with Crippen LogP contribution in [0.3, 0.4) is 0 Å². The first-order valence-electron chi connectivity index (χ1n) is 5.35. The first kappa shape index (κ1) is 11.5. The van der Waals surface area contributed by atoms with Crippen LogP contribution in [0.4, 0.5) is 0 Å². The van der Waals surface area contributed by atoms with Crippen molar-refractivity contribution in [3.63, 3.8) is 0 Å². The molecule has 0 N–H and O–H groups in total. The Hall–Kier alpha value is -1.56. The first-order valence-corrected chi connectivity index (χ1v) is 5.35. The molecular formula is C12H16N2O. The maximum atomic E-state index is 8.67. The molecule has 0 aliphatic heterocycles. The highest BCUT2D eigenvalue weighted by Crippen LogP contribution is 2.09. The van der Waals surface area contributed by atoms with Crippen LogP contribution < -0.4 is 4.74 Å². The van der Waals surface area contributed by atoms with E-state index in [0.717, 1.165) is 6.42 Å². The number of ether oxygens (including phenoxy) is 1. The van der Waals surface area contributed by atoms with Crippen LogP contribution in [0.2, 0.25) is 0 Å². The van der Waals surface area contributed by atoms with Crippen LogP contribution in [0, 0.1) is 11.3 Å². The van der Waals surface area contributed by atoms with Gasteiger partial charge in [0, 0.05) is 12.3 Å². The van der Waals surface area contributed by atoms with E-state index in [1.165, 1.54) is 19.3 Å². The minimum absolute atomic E-state index is 0.547. The van der Waals surface area contributed by atoms with Gasteiger partial charge in [0.15, 0.2) is 0 Å². The Morgan fingerprint density at radius 2 is 2.27 bits per heavy atom. The molecule has 3 heteroatoms. The SMILES string of the molecule is CCCCCCOc1cc(C#N)ccn1. The fraction of sp³-hybridized carbons (Fsp3) is 0.500. The number of nitriles is 1. The summed E-state index contributed by atoms with van der Waals surface area (Å²) >= 11 is 0. The zero-order chi connectivity index (χ0) is 10.9. The third-order valence-corrected chi connectivity index (χ3v) is 2.11. The van der Waals surface area contributed by atoms with Crippen LogP contribution in [0.1, 0.15) is 38.2 Å². The van der Waals surface area contributed by atoms with E-state index < -0.39 is 0 Å². The van der Waals surface area contributed by atoms with Crippen LogP contribution in [0.15, 0.2) is 18.3 Å². The molecule has 0 unspecified atom stereocenters. The van der Waals surface area contributed by atoms with Crippen molar-refractivity contribution >= 4 is 0 Å². The highest BCUT2D eigenvalue weighted by molar-refractivity contribution is 5.31. The second-order valence-electron chi connectivity index (χ2n) is 3.40. The van der Waals surface area contributed by atoms with Crippen molar-refractivity contribution in [1.82, 2.24) is 4.98 Å². The van der Waals surface area contributed by atoms with Gasteiger partial charge in [-0.15, -0.1) is 0 Å². The van der Waals surface area contributed by atoms with Gasteiger partial charge in [-0.05, 0) is 12.5 Å². The number of rotatable bonds is 6. The number of hydrogen-bond donors (Lipinski definition) is 0. The molecule has 15 heavy (non-hydrogen) atoms. The lowest BCUT2D eigenvalue weighted by Gasteiger charge is -2.04. The Morgan fingerprint density at radius 3 is 3.00 bits per heavy atom. The molecule has 0 saturated carbocycles. The van der Waals surface area contributed by atoms with Gasteiger partial charge >= 0.3 is 0 Å². The molecule has 1 rings (SSSR count). The van der Waals surface area contributed by atoms with Crippen molar-refractivity contribution in [2.75, 3.05) is 6.61 Å². The minimum atomic E-state index is 0.547. The molecule has 0 saturated heterocycles. The maximum absolute atomic E-state index is 8.67. The van der Waals surface area contributed by atoms with Crippen molar-refractivity contribution in [1.29, 1.82) is 5.26 Å². The summed E-state index contributed by atoms with van der Waals surface area (Å²) in [6.07, 6.45) is 6.30. The van der Waals surface area contributed by atoms with E-state index >= 15 is 0 Å². The summed E-state index contributed by atoms with van der Waals surface area (Å²) in [5.41, 5.74) is 0.591. The van der Waals surface area contributed by atoms with E-state index in [1.807, 2.05) is 0 Å². The lowest BCUT2D eigenvalue weighted by molar-refractivity contribution is 0.294. The predicted octanol–water partition coefficient (Wildman–Crippen LogP) is 2.91. The number of aromatic nitrogens is 1. The van der Waals surface area contributed by atoms with Crippen LogP contribution in [-0.4, -0.2) is 11.6 Å². The highest BCUT2D eigenvalue weighted by Gasteiger charge is 1.97. The summed E-state index contributed by atoms with van der Waals surface area (Å²) in [7, 11) is 0. The minimum Gasteiger partial charge on any atom is -0.478 e. The number of unbranched alkanes of at least 4 members (excludes halogenated alkanes) is 3. The molecule has 1 aromatic heterocycles. The third-order valence-electron chi connectivity index (χ3n) is 2.11. The summed E-state index contributed by atoms with van der Waals surface area (Å²) in [5.74, 6) is 0.547. The van der Waals surface area contributed by atoms with Crippen molar-refractivity contribution in [3.05, 3.63) is 23.9 Å². The Bertz CT molecular complexity index is 331. The quantitative estimate of drug-likeness (QED) is 0.669. The molecular weight excluding hydrogens is 188 g/mol. The summed E-state index contributed by atoms with van der Waals surface area (Å²) in [5, 5.41) is 8.67. The monoisotopic (exact) mass is 204 g/mol. The van der Waals surface area contributed by atoms with Crippen LogP contribution in [0.5, 0.6) is 5.88 Å². The van der Waals surface area contributed by atoms with Gasteiger partial charge in [-0.25, -0.2) is 4.98 Å². The molecule has 1 aromatic rings. The highest BCUT2D eigenvalue weighted by atomic mass is 16.5. The Morgan fingerprint density at radius 1 is 1.40 bits per heavy atom. The molecule has 0 aromatic carbocycles. The summed E-state index contributed by atoms with van der Waals surface area (Å²) in [6, 6.07) is 5.40. The lowest BCUT2D eigenvalue weighted by Crippen LogP contribution is -1.99. The van der Waals surface area contributed by atoms with Crippen molar-refractivity contribution < 1.29 is 4.74 Å². The van der Waals surface area contributed by atoms with Crippen molar-refractivity contribution in [2.45, 2.75) is 32.6 Å². The Kier molecular flexibility index (Phi) is 5.24. The van der Waals surface area contributed by atoms with Gasteiger partial charge in [0.2, 0.25) is 5.88 Å². The van der Waals surface area contributed by atoms with E-state index in [0.29, 0.717) is 18.1 Å². The molecule has 0 atom stereocenters. The maximum Gasteiger partial charge on any atom is 0.214 e. The molecule has 0 aliphatic rings. The molecule has 0 amide bonds. The first-order chi connectivity index (χ1) is 7.36. The van der Waals surface area contributed by atoms with Crippen LogP contribution >= 0.6 is 0 Å². The van der Waals surface area contributed by atoms with Gasteiger partial charge in [-0.1, -0.05) is 26.2 Å². The number of hydrogen-bond acceptors (Lipinski definition) is 3. The zero-order valence-corrected chi connectivity index (χ0v) is 9.07. The predicted molar refractivity (Wildman–Crippen MR) is 58.6 cm³/mol. The number of pyridine rings is 1. The molecule has 0 spiro atoms. The second kappa shape index (κ2) is 6.83. The molecule has 1 heterocycles. The third kappa shape index (κ3) is 4.46. The van der Waals surface area contributed by atoms with Gasteiger partial charge in [0.25, 0.3) is 0 Å². The molecule has 3 nitrogen and oxygen atoms in total. The van der Waals surface area contributed by atoms with Gasteiger partial charge in [0.1, 0.15) is 0 Å². The lowest BCUT2D eigenvalue weighted by atomic mass is 10.2. The fourth-order valence-corrected chi connectivity index (χ4v) is 1.26. The van der Waals surface area contributed by atoms with E-state index in [9.17, 15) is 0 Å². The molecule has 80 valence electrons. The Labute approximate surface area is 90.7 Å². The van der Waals surface area contributed by atoms with Gasteiger partial charge in [-0.2, -0.15) is 5.26 Å². The van der Waals surface area contributed by atoms with Crippen molar-refractivity contribution in [3.8, 4) is 11.9 Å². The topological polar surface area (TPSA) is 45.9 Å². The summed E-state index contributed by atoms with van der Waals surface area (Å²) < 4.78 is 5.43. The summed E-state index contributed by atoms with van der Waals surface area (Å²) in [6.45, 7) is 2.86. The van der Waals surface area contributed by atoms with Crippen molar-refractivity contribution in [2.24, 2.45) is 0 Å². The van der Waals surface area contributed by atoms with Gasteiger partial charge in [-0.3, -0.25) is 0 Å². The summed E-state index contributed by atoms with van der Waals surface area (Å²) in [4.78, 5) is 4.03. The second-order valence-corrected chi connectivity index (χ2v) is 3.40. The normalized spacial score (nSPS) is 9.60. The van der Waals surface area contributed by atoms with Crippen LogP contribution in [-0.2, 0) is 0 Å². The molecule has 0 bridgehead atoms. The van der Waals surface area contributed by atoms with Gasteiger partial charge in [0.05, 0.1) is 18.2 Å². The molecule has 0 aliphatic carbocycles. The smallest absolute Gasteiger partial charge is 0.214 e. The largest absolute Gasteiger partial charge is 0.478 e. The molecule has 0 radical (unpaired) electrons. The fourth-order valence-electron chi connectivity index (χ4n) is 1.26. The van der Waals surface area contributed by atoms with E-state index in [2.05, 4.69) is 18.0 Å². The average Bonchev–Trinajstić information content (AvgIpc) is 2.29. The Balaban J connectivity index is 2.28. The number of nitrogens with zero attached hydrogens (tertiary/aromatic N) is 2. The van der Waals surface area contributed by atoms with E-state index in [-0.39, 0.29) is 0 Å². The standard InChI is InChI=1S/C12H16N2O/c1-2-3-4-5-8-15-12-9-11(10-13)6-7-14-12/h6-7,9H,2-5,8H2,1H3. The van der Waals surface area contributed by atoms with E-state index in [4.69, 9.17) is 10.00 Å². The molecule has 0 fully saturated rings. The average molecular weight is 204 g/mol. The van der Waals surface area contributed by atoms with E-state index in [1.54, 1.807) is 18.3 Å².